The van der Waals surface area contributed by atoms with Crippen LogP contribution in [0.1, 0.15) is 37.8 Å². The molecule has 4 rings (SSSR count). The fourth-order valence-electron chi connectivity index (χ4n) is 3.89. The number of nitrogens with zero attached hydrogens (tertiary/aromatic N) is 3. The number of urea groups is 1. The highest BCUT2D eigenvalue weighted by Gasteiger charge is 2.64. The third-order valence-corrected chi connectivity index (χ3v) is 5.98. The number of halogens is 3. The van der Waals surface area contributed by atoms with Crippen LogP contribution < -0.4 is 10.6 Å². The van der Waals surface area contributed by atoms with Crippen molar-refractivity contribution < 1.29 is 22.8 Å². The Bertz CT molecular complexity index is 1010. The van der Waals surface area contributed by atoms with Crippen LogP contribution in [-0.4, -0.2) is 33.5 Å². The van der Waals surface area contributed by atoms with Crippen LogP contribution in [0.15, 0.2) is 42.6 Å². The van der Waals surface area contributed by atoms with E-state index >= 15 is 0 Å². The number of alkyl halides is 3. The molecule has 0 spiro atoms. The van der Waals surface area contributed by atoms with Crippen molar-refractivity contribution in [1.82, 2.24) is 9.88 Å². The van der Waals surface area contributed by atoms with Crippen molar-refractivity contribution >= 4 is 23.4 Å². The molecule has 0 unspecified atom stereocenters. The normalized spacial score (nSPS) is 20.0. The van der Waals surface area contributed by atoms with Gasteiger partial charge in [-0.2, -0.15) is 13.2 Å². The van der Waals surface area contributed by atoms with Gasteiger partial charge in [-0.15, -0.1) is 0 Å². The Morgan fingerprint density at radius 3 is 2.27 bits per heavy atom. The van der Waals surface area contributed by atoms with Gasteiger partial charge in [-0.3, -0.25) is 4.79 Å². The molecule has 0 radical (unpaired) electrons. The molecular formula is C21H21F3N4O2. The lowest BCUT2D eigenvalue weighted by Crippen LogP contribution is -2.43. The lowest BCUT2D eigenvalue weighted by atomic mass is 9.95. The zero-order valence-corrected chi connectivity index (χ0v) is 16.5. The first kappa shape index (κ1) is 20.2. The number of nitrogens with two attached hydrogens (primary N) is 1. The first-order valence-electron chi connectivity index (χ1n) is 9.51. The van der Waals surface area contributed by atoms with Crippen molar-refractivity contribution in [2.75, 3.05) is 10.6 Å². The van der Waals surface area contributed by atoms with E-state index in [1.54, 1.807) is 26.0 Å². The molecule has 1 aliphatic carbocycles. The summed E-state index contributed by atoms with van der Waals surface area (Å²) >= 11 is 0. The van der Waals surface area contributed by atoms with Gasteiger partial charge < -0.3 is 10.6 Å². The summed E-state index contributed by atoms with van der Waals surface area (Å²) in [6.07, 6.45) is -2.70. The van der Waals surface area contributed by atoms with Crippen LogP contribution in [0.3, 0.4) is 0 Å². The number of carbonyl (C=O) groups is 2. The fraction of sp³-hybridized carbons (Fsp3) is 0.381. The zero-order chi connectivity index (χ0) is 21.9. The number of carbonyl (C=O) groups excluding carboxylic acids is 2. The van der Waals surface area contributed by atoms with Crippen molar-refractivity contribution in [2.45, 2.75) is 50.4 Å². The fourth-order valence-corrected chi connectivity index (χ4v) is 3.89. The highest BCUT2D eigenvalue weighted by Crippen LogP contribution is 2.59. The van der Waals surface area contributed by atoms with Gasteiger partial charge in [0, 0.05) is 12.7 Å². The van der Waals surface area contributed by atoms with E-state index in [9.17, 15) is 22.8 Å². The summed E-state index contributed by atoms with van der Waals surface area (Å²) < 4.78 is 40.1. The Labute approximate surface area is 171 Å². The van der Waals surface area contributed by atoms with Gasteiger partial charge in [0.25, 0.3) is 5.91 Å². The quantitative estimate of drug-likeness (QED) is 0.761. The first-order valence-corrected chi connectivity index (χ1v) is 9.51. The average molecular weight is 418 g/mol. The van der Waals surface area contributed by atoms with E-state index in [1.807, 2.05) is 0 Å². The van der Waals surface area contributed by atoms with Crippen molar-refractivity contribution in [2.24, 2.45) is 0 Å². The minimum absolute atomic E-state index is 0.0489. The summed E-state index contributed by atoms with van der Waals surface area (Å²) in [7, 11) is 0. The molecule has 2 fully saturated rings. The second-order valence-corrected chi connectivity index (χ2v) is 8.28. The largest absolute Gasteiger partial charge is 0.398 e. The lowest BCUT2D eigenvalue weighted by molar-refractivity contribution is -0.160. The average Bonchev–Trinajstić information content (AvgIpc) is 3.46. The highest BCUT2D eigenvalue weighted by molar-refractivity contribution is 6.22. The van der Waals surface area contributed by atoms with Gasteiger partial charge in [-0.05, 0) is 62.1 Å². The number of rotatable bonds is 4. The van der Waals surface area contributed by atoms with E-state index in [0.29, 0.717) is 5.82 Å². The molecule has 1 aliphatic heterocycles. The van der Waals surface area contributed by atoms with Crippen LogP contribution >= 0.6 is 0 Å². The molecular weight excluding hydrogens is 397 g/mol. The van der Waals surface area contributed by atoms with Crippen LogP contribution in [0.2, 0.25) is 0 Å². The minimum atomic E-state index is -4.32. The van der Waals surface area contributed by atoms with Crippen LogP contribution in [0.4, 0.5) is 29.5 Å². The molecule has 6 nitrogen and oxygen atoms in total. The number of imide groups is 1. The molecule has 1 aromatic heterocycles. The standard InChI is InChI=1S/C21H21F3N4O2/c1-19(2)17(29)28(18(30)27(19)12-13-7-10-26-16(25)11-13)15-5-3-14(4-6-15)20(8-9-20)21(22,23)24/h3-7,10-11H,8-9,12H2,1-2H3,(H2,25,26). The molecule has 2 N–H and O–H groups in total. The predicted molar refractivity (Wildman–Crippen MR) is 105 cm³/mol. The zero-order valence-electron chi connectivity index (χ0n) is 16.5. The summed E-state index contributed by atoms with van der Waals surface area (Å²) in [4.78, 5) is 32.4. The molecule has 1 saturated heterocycles. The summed E-state index contributed by atoms with van der Waals surface area (Å²) in [5.74, 6) is -0.145. The minimum Gasteiger partial charge on any atom is -0.384 e. The van der Waals surface area contributed by atoms with Crippen molar-refractivity contribution in [3.63, 3.8) is 0 Å². The van der Waals surface area contributed by atoms with Crippen molar-refractivity contribution in [1.29, 1.82) is 0 Å². The Kier molecular flexibility index (Phi) is 4.34. The number of hydrogen-bond acceptors (Lipinski definition) is 4. The molecule has 1 saturated carbocycles. The molecule has 0 atom stereocenters. The van der Waals surface area contributed by atoms with Crippen molar-refractivity contribution in [3.05, 3.63) is 53.7 Å². The Morgan fingerprint density at radius 2 is 1.73 bits per heavy atom. The van der Waals surface area contributed by atoms with E-state index in [-0.39, 0.29) is 30.6 Å². The summed E-state index contributed by atoms with van der Waals surface area (Å²) in [5.41, 5.74) is 3.88. The van der Waals surface area contributed by atoms with E-state index in [1.165, 1.54) is 35.4 Å². The maximum atomic E-state index is 13.4. The van der Waals surface area contributed by atoms with E-state index in [0.717, 1.165) is 10.5 Å². The Balaban J connectivity index is 1.62. The highest BCUT2D eigenvalue weighted by atomic mass is 19.4. The second-order valence-electron chi connectivity index (χ2n) is 8.28. The number of hydrogen-bond donors (Lipinski definition) is 1. The van der Waals surface area contributed by atoms with Gasteiger partial charge in [-0.1, -0.05) is 12.1 Å². The summed E-state index contributed by atoms with van der Waals surface area (Å²) in [6.45, 7) is 3.42. The number of pyridine rings is 1. The lowest BCUT2D eigenvalue weighted by Gasteiger charge is -2.27. The van der Waals surface area contributed by atoms with Crippen LogP contribution in [0, 0.1) is 0 Å². The maximum absolute atomic E-state index is 13.4. The van der Waals surface area contributed by atoms with Gasteiger partial charge in [-0.25, -0.2) is 14.7 Å². The number of aromatic nitrogens is 1. The van der Waals surface area contributed by atoms with Gasteiger partial charge >= 0.3 is 12.2 Å². The monoisotopic (exact) mass is 418 g/mol. The Hall–Kier alpha value is -3.10. The van der Waals surface area contributed by atoms with E-state index in [4.69, 9.17) is 5.73 Å². The molecule has 2 heterocycles. The van der Waals surface area contributed by atoms with E-state index < -0.39 is 29.1 Å². The number of nitrogen functional groups attached to an aromatic ring is 1. The smallest absolute Gasteiger partial charge is 0.384 e. The second kappa shape index (κ2) is 6.45. The molecule has 1 aromatic carbocycles. The van der Waals surface area contributed by atoms with Gasteiger partial charge in [0.1, 0.15) is 11.4 Å². The summed E-state index contributed by atoms with van der Waals surface area (Å²) in [5, 5.41) is 0. The molecule has 2 aliphatic rings. The van der Waals surface area contributed by atoms with Crippen molar-refractivity contribution in [3.8, 4) is 0 Å². The van der Waals surface area contributed by atoms with Gasteiger partial charge in [0.2, 0.25) is 0 Å². The molecule has 2 aromatic rings. The number of benzene rings is 1. The third-order valence-electron chi connectivity index (χ3n) is 5.98. The molecule has 9 heteroatoms. The van der Waals surface area contributed by atoms with Crippen LogP contribution in [0.5, 0.6) is 0 Å². The van der Waals surface area contributed by atoms with Gasteiger partial charge in [0.15, 0.2) is 0 Å². The summed E-state index contributed by atoms with van der Waals surface area (Å²) in [6, 6.07) is 8.31. The predicted octanol–water partition coefficient (Wildman–Crippen LogP) is 4.01. The number of anilines is 2. The molecule has 3 amide bonds. The SMILES string of the molecule is CC1(C)C(=O)N(c2ccc(C3(C(F)(F)F)CC3)cc2)C(=O)N1Cc1ccnc(N)c1. The number of amides is 3. The van der Waals surface area contributed by atoms with Crippen LogP contribution in [-0.2, 0) is 16.8 Å². The van der Waals surface area contributed by atoms with E-state index in [2.05, 4.69) is 4.98 Å². The van der Waals surface area contributed by atoms with Crippen LogP contribution in [0.25, 0.3) is 0 Å². The first-order chi connectivity index (χ1) is 14.0. The maximum Gasteiger partial charge on any atom is 0.398 e. The molecule has 30 heavy (non-hydrogen) atoms. The van der Waals surface area contributed by atoms with Gasteiger partial charge in [0.05, 0.1) is 11.1 Å². The molecule has 0 bridgehead atoms. The Morgan fingerprint density at radius 1 is 1.10 bits per heavy atom. The topological polar surface area (TPSA) is 79.5 Å². The third kappa shape index (κ3) is 3.00. The molecule has 158 valence electrons.